The predicted octanol–water partition coefficient (Wildman–Crippen LogP) is 0.522. The van der Waals surface area contributed by atoms with E-state index in [1.807, 2.05) is 7.05 Å². The molecule has 1 aromatic carbocycles. The molecule has 1 rings (SSSR count). The van der Waals surface area contributed by atoms with Crippen LogP contribution in [-0.2, 0) is 0 Å². The van der Waals surface area contributed by atoms with E-state index in [9.17, 15) is 0 Å². The van der Waals surface area contributed by atoms with Crippen LogP contribution in [0.4, 0.5) is 5.69 Å². The van der Waals surface area contributed by atoms with E-state index in [1.54, 1.807) is 0 Å². The van der Waals surface area contributed by atoms with Crippen molar-refractivity contribution in [2.75, 3.05) is 12.4 Å². The molecule has 0 aliphatic heterocycles. The van der Waals surface area contributed by atoms with Crippen molar-refractivity contribution >= 4 is 34.6 Å². The van der Waals surface area contributed by atoms with Gasteiger partial charge in [0, 0.05) is 0 Å². The molecule has 0 spiro atoms. The molecule has 0 aliphatic rings. The van der Waals surface area contributed by atoms with Gasteiger partial charge in [0.25, 0.3) is 0 Å². The van der Waals surface area contributed by atoms with Gasteiger partial charge in [0.2, 0.25) is 0 Å². The first kappa shape index (κ1) is 7.05. The average molecular weight is 313 g/mol. The van der Waals surface area contributed by atoms with Gasteiger partial charge in [0.1, 0.15) is 0 Å². The molecule has 0 aromatic heterocycles. The number of rotatable bonds is 1. The van der Waals surface area contributed by atoms with E-state index >= 15 is 0 Å². The summed E-state index contributed by atoms with van der Waals surface area (Å²) in [5.41, 5.74) is 1.19. The Hall–Kier alpha value is -0.0579. The summed E-state index contributed by atoms with van der Waals surface area (Å²) >= 11 is 1.15. The van der Waals surface area contributed by atoms with Crippen LogP contribution in [0.25, 0.3) is 0 Å². The molecule has 0 saturated carbocycles. The summed E-state index contributed by atoms with van der Waals surface area (Å²) in [6.45, 7) is 0. The molecule has 1 N–H and O–H groups in total. The maximum atomic E-state index is 3.07. The summed E-state index contributed by atoms with van der Waals surface area (Å²) in [4.78, 5) is 0. The first-order valence-electron chi connectivity index (χ1n) is 2.82. The Bertz CT molecular complexity index is 181. The second-order valence-corrected chi connectivity index (χ2v) is 4.07. The fourth-order valence-corrected chi connectivity index (χ4v) is 1.28. The molecule has 3 radical (unpaired) electrons. The quantitative estimate of drug-likeness (QED) is 0.746. The van der Waals surface area contributed by atoms with Crippen LogP contribution in [-0.4, -0.2) is 32.8 Å². The molecule has 45 valence electrons. The van der Waals surface area contributed by atoms with Crippen LogP contribution in [0.5, 0.6) is 0 Å². The van der Waals surface area contributed by atoms with Crippen LogP contribution >= 0.6 is 0 Å². The van der Waals surface area contributed by atoms with Gasteiger partial charge in [0.15, 0.2) is 0 Å². The zero-order valence-electron chi connectivity index (χ0n) is 5.31. The van der Waals surface area contributed by atoms with Crippen molar-refractivity contribution in [3.8, 4) is 0 Å². The molecular formula is C7H8NPb. The monoisotopic (exact) mass is 314 g/mol. The Labute approximate surface area is 71.2 Å². The van der Waals surface area contributed by atoms with Crippen LogP contribution in [0.3, 0.4) is 0 Å². The standard InChI is InChI=1S/C7H8N.Pb/c1-8-7-5-3-2-4-6-7;/h3-6,8H,1H3;. The predicted molar refractivity (Wildman–Crippen MR) is 41.4 cm³/mol. The van der Waals surface area contributed by atoms with Crippen LogP contribution in [0.2, 0.25) is 0 Å². The van der Waals surface area contributed by atoms with Crippen molar-refractivity contribution in [3.63, 3.8) is 0 Å². The van der Waals surface area contributed by atoms with E-state index in [1.165, 1.54) is 8.81 Å². The maximum absolute atomic E-state index is 3.07. The van der Waals surface area contributed by atoms with Crippen molar-refractivity contribution < 1.29 is 0 Å². The van der Waals surface area contributed by atoms with Crippen molar-refractivity contribution in [2.45, 2.75) is 0 Å². The number of hydrogen-bond donors (Lipinski definition) is 1. The molecule has 0 saturated heterocycles. The van der Waals surface area contributed by atoms with Gasteiger partial charge in [-0.25, -0.2) is 0 Å². The number of hydrogen-bond acceptors (Lipinski definition) is 1. The first-order valence-corrected chi connectivity index (χ1v) is 4.77. The molecule has 2 heteroatoms. The molecule has 1 nitrogen and oxygen atoms in total. The van der Waals surface area contributed by atoms with E-state index in [4.69, 9.17) is 0 Å². The summed E-state index contributed by atoms with van der Waals surface area (Å²) in [7, 11) is 1.93. The van der Waals surface area contributed by atoms with Gasteiger partial charge in [-0.05, 0) is 0 Å². The van der Waals surface area contributed by atoms with Gasteiger partial charge in [-0.15, -0.1) is 0 Å². The topological polar surface area (TPSA) is 12.0 Å². The van der Waals surface area contributed by atoms with Gasteiger partial charge in [-0.1, -0.05) is 0 Å². The van der Waals surface area contributed by atoms with Crippen molar-refractivity contribution in [2.24, 2.45) is 0 Å². The van der Waals surface area contributed by atoms with Crippen LogP contribution in [0, 0.1) is 0 Å². The molecular weight excluding hydrogens is 305 g/mol. The molecule has 1 aromatic rings. The summed E-state index contributed by atoms with van der Waals surface area (Å²) in [5, 5.41) is 3.07. The van der Waals surface area contributed by atoms with Crippen molar-refractivity contribution in [1.29, 1.82) is 0 Å². The first-order chi connectivity index (χ1) is 4.33. The van der Waals surface area contributed by atoms with Gasteiger partial charge >= 0.3 is 71.2 Å². The normalized spacial score (nSPS) is 9.11. The summed E-state index contributed by atoms with van der Waals surface area (Å²) in [6, 6.07) is 8.50. The molecule has 0 amide bonds. The molecule has 0 heterocycles. The number of anilines is 1. The fraction of sp³-hybridized carbons (Fsp3) is 0.143. The van der Waals surface area contributed by atoms with E-state index in [-0.39, 0.29) is 0 Å². The van der Waals surface area contributed by atoms with Crippen molar-refractivity contribution in [1.82, 2.24) is 0 Å². The van der Waals surface area contributed by atoms with Crippen LogP contribution < -0.4 is 8.44 Å². The Morgan fingerprint density at radius 2 is 1.78 bits per heavy atom. The Morgan fingerprint density at radius 1 is 1.22 bits per heavy atom. The Kier molecular flexibility index (Phi) is 2.51. The van der Waals surface area contributed by atoms with E-state index < -0.39 is 0 Å². The summed E-state index contributed by atoms with van der Waals surface area (Å²) < 4.78 is 1.44. The number of nitrogens with one attached hydrogen (secondary N) is 1. The molecule has 0 unspecified atom stereocenters. The molecule has 0 aliphatic carbocycles. The summed E-state index contributed by atoms with van der Waals surface area (Å²) in [5.74, 6) is 0. The van der Waals surface area contributed by atoms with E-state index in [2.05, 4.69) is 29.6 Å². The zero-order valence-corrected chi connectivity index (χ0v) is 9.20. The third kappa shape index (κ3) is 1.97. The Balaban J connectivity index is 2.88. The van der Waals surface area contributed by atoms with E-state index in [0.29, 0.717) is 0 Å². The average Bonchev–Trinajstić information content (AvgIpc) is 1.90. The molecule has 0 atom stereocenters. The third-order valence-electron chi connectivity index (χ3n) is 1.17. The third-order valence-corrected chi connectivity index (χ3v) is 2.47. The van der Waals surface area contributed by atoms with Gasteiger partial charge in [-0.2, -0.15) is 0 Å². The van der Waals surface area contributed by atoms with Crippen LogP contribution in [0.15, 0.2) is 24.3 Å². The zero-order chi connectivity index (χ0) is 6.69. The second kappa shape index (κ2) is 3.20. The fourth-order valence-electron chi connectivity index (χ4n) is 0.637. The van der Waals surface area contributed by atoms with Crippen LogP contribution in [0.1, 0.15) is 0 Å². The SMILES string of the molecule is CNc1cc[c]([Pb])cc1. The second-order valence-electron chi connectivity index (χ2n) is 1.83. The minimum atomic E-state index is 1.15. The Morgan fingerprint density at radius 3 is 2.22 bits per heavy atom. The van der Waals surface area contributed by atoms with Gasteiger partial charge in [-0.3, -0.25) is 0 Å². The van der Waals surface area contributed by atoms with Gasteiger partial charge in [0.05, 0.1) is 0 Å². The molecule has 0 bridgehead atoms. The number of benzene rings is 1. The van der Waals surface area contributed by atoms with Gasteiger partial charge < -0.3 is 0 Å². The summed E-state index contributed by atoms with van der Waals surface area (Å²) in [6.07, 6.45) is 0. The molecule has 9 heavy (non-hydrogen) atoms. The van der Waals surface area contributed by atoms with Crippen molar-refractivity contribution in [3.05, 3.63) is 24.3 Å². The van der Waals surface area contributed by atoms with E-state index in [0.717, 1.165) is 25.8 Å². The molecule has 0 fully saturated rings. The minimum absolute atomic E-state index is 1.15.